The third-order valence-electron chi connectivity index (χ3n) is 3.39. The molecule has 1 aromatic carbocycles. The molecule has 1 saturated carbocycles. The number of aromatic nitrogens is 2. The van der Waals surface area contributed by atoms with Crippen LogP contribution in [0.1, 0.15) is 23.2 Å². The molecule has 24 heavy (non-hydrogen) atoms. The van der Waals surface area contributed by atoms with Crippen LogP contribution in [0.15, 0.2) is 30.5 Å². The fraction of sp³-hybridized carbons (Fsp3) is 0.267. The van der Waals surface area contributed by atoms with Gasteiger partial charge in [0.25, 0.3) is 5.91 Å². The molecule has 1 aromatic heterocycles. The third kappa shape index (κ3) is 3.57. The summed E-state index contributed by atoms with van der Waals surface area (Å²) in [4.78, 5) is 30.1. The SMILES string of the molecule is CNC(=O)c1cccc(Oc2ncc([N+](=O)[O-])c(NC3CC3)n2)c1. The van der Waals surface area contributed by atoms with Gasteiger partial charge in [-0.3, -0.25) is 14.9 Å². The summed E-state index contributed by atoms with van der Waals surface area (Å²) >= 11 is 0. The van der Waals surface area contributed by atoms with Gasteiger partial charge in [-0.2, -0.15) is 9.97 Å². The van der Waals surface area contributed by atoms with Crippen LogP contribution in [-0.4, -0.2) is 33.9 Å². The molecule has 1 fully saturated rings. The molecule has 0 bridgehead atoms. The Bertz CT molecular complexity index is 791. The second-order valence-corrected chi connectivity index (χ2v) is 5.27. The fourth-order valence-corrected chi connectivity index (χ4v) is 2.02. The third-order valence-corrected chi connectivity index (χ3v) is 3.39. The van der Waals surface area contributed by atoms with Gasteiger partial charge in [-0.15, -0.1) is 0 Å². The normalized spacial score (nSPS) is 13.2. The Morgan fingerprint density at radius 1 is 1.42 bits per heavy atom. The summed E-state index contributed by atoms with van der Waals surface area (Å²) in [6, 6.07) is 6.65. The lowest BCUT2D eigenvalue weighted by Gasteiger charge is -2.08. The van der Waals surface area contributed by atoms with Gasteiger partial charge in [0.15, 0.2) is 0 Å². The summed E-state index contributed by atoms with van der Waals surface area (Å²) in [5.41, 5.74) is 0.224. The molecule has 2 aromatic rings. The number of hydrogen-bond acceptors (Lipinski definition) is 7. The highest BCUT2D eigenvalue weighted by atomic mass is 16.6. The molecule has 9 heteroatoms. The van der Waals surface area contributed by atoms with E-state index in [-0.39, 0.29) is 29.5 Å². The highest BCUT2D eigenvalue weighted by Crippen LogP contribution is 2.30. The first-order chi connectivity index (χ1) is 11.6. The number of nitro groups is 1. The molecule has 0 unspecified atom stereocenters. The van der Waals surface area contributed by atoms with E-state index in [0.29, 0.717) is 11.3 Å². The molecular weight excluding hydrogens is 314 g/mol. The van der Waals surface area contributed by atoms with Gasteiger partial charge in [0, 0.05) is 18.7 Å². The Labute approximate surface area is 137 Å². The molecule has 0 radical (unpaired) electrons. The van der Waals surface area contributed by atoms with Gasteiger partial charge in [0.2, 0.25) is 5.82 Å². The Balaban J connectivity index is 1.84. The number of carbonyl (C=O) groups excluding carboxylic acids is 1. The average molecular weight is 329 g/mol. The molecule has 1 aliphatic rings. The summed E-state index contributed by atoms with van der Waals surface area (Å²) in [7, 11) is 1.53. The van der Waals surface area contributed by atoms with E-state index >= 15 is 0 Å². The van der Waals surface area contributed by atoms with Crippen LogP contribution in [0.25, 0.3) is 0 Å². The minimum absolute atomic E-state index is 0.0298. The van der Waals surface area contributed by atoms with Crippen LogP contribution in [-0.2, 0) is 0 Å². The number of amides is 1. The lowest BCUT2D eigenvalue weighted by molar-refractivity contribution is -0.384. The fourth-order valence-electron chi connectivity index (χ4n) is 2.02. The summed E-state index contributed by atoms with van der Waals surface area (Å²) < 4.78 is 5.53. The van der Waals surface area contributed by atoms with E-state index in [9.17, 15) is 14.9 Å². The number of carbonyl (C=O) groups is 1. The van der Waals surface area contributed by atoms with Crippen LogP contribution in [0.4, 0.5) is 11.5 Å². The van der Waals surface area contributed by atoms with Gasteiger partial charge in [-0.1, -0.05) is 6.07 Å². The van der Waals surface area contributed by atoms with Crippen molar-refractivity contribution in [3.8, 4) is 11.8 Å². The minimum atomic E-state index is -0.541. The zero-order valence-electron chi connectivity index (χ0n) is 12.9. The van der Waals surface area contributed by atoms with Gasteiger partial charge in [-0.25, -0.2) is 0 Å². The second-order valence-electron chi connectivity index (χ2n) is 5.27. The van der Waals surface area contributed by atoms with E-state index in [0.717, 1.165) is 19.0 Å². The van der Waals surface area contributed by atoms with Gasteiger partial charge in [0.1, 0.15) is 11.9 Å². The maximum Gasteiger partial charge on any atom is 0.329 e. The van der Waals surface area contributed by atoms with Crippen molar-refractivity contribution >= 4 is 17.4 Å². The highest BCUT2D eigenvalue weighted by molar-refractivity contribution is 5.94. The molecule has 0 spiro atoms. The van der Waals surface area contributed by atoms with Crippen molar-refractivity contribution in [2.24, 2.45) is 0 Å². The predicted molar refractivity (Wildman–Crippen MR) is 85.2 cm³/mol. The van der Waals surface area contributed by atoms with Crippen LogP contribution in [0, 0.1) is 10.1 Å². The molecular formula is C15H15N5O4. The first-order valence-electron chi connectivity index (χ1n) is 7.35. The van der Waals surface area contributed by atoms with Gasteiger partial charge in [0.05, 0.1) is 4.92 Å². The molecule has 1 amide bonds. The zero-order chi connectivity index (χ0) is 17.1. The number of nitrogens with zero attached hydrogens (tertiary/aromatic N) is 3. The number of benzene rings is 1. The molecule has 0 atom stereocenters. The van der Waals surface area contributed by atoms with Crippen molar-refractivity contribution in [2.45, 2.75) is 18.9 Å². The lowest BCUT2D eigenvalue weighted by Crippen LogP contribution is -2.17. The summed E-state index contributed by atoms with van der Waals surface area (Å²) in [5, 5.41) is 16.6. The topological polar surface area (TPSA) is 119 Å². The summed E-state index contributed by atoms with van der Waals surface area (Å²) in [6.07, 6.45) is 3.01. The number of hydrogen-bond donors (Lipinski definition) is 2. The van der Waals surface area contributed by atoms with Crippen molar-refractivity contribution in [1.29, 1.82) is 0 Å². The van der Waals surface area contributed by atoms with E-state index in [4.69, 9.17) is 4.74 Å². The average Bonchev–Trinajstić information content (AvgIpc) is 3.38. The Hall–Kier alpha value is -3.23. The smallest absolute Gasteiger partial charge is 0.329 e. The van der Waals surface area contributed by atoms with Gasteiger partial charge < -0.3 is 15.4 Å². The Kier molecular flexibility index (Phi) is 4.23. The standard InChI is InChI=1S/C15H15N5O4/c1-16-14(21)9-3-2-4-11(7-9)24-15-17-8-12(20(22)23)13(19-15)18-10-5-6-10/h2-4,7-8,10H,5-6H2,1H3,(H,16,21)(H,17,18,19). The monoisotopic (exact) mass is 329 g/mol. The van der Waals surface area contributed by atoms with Crippen LogP contribution < -0.4 is 15.4 Å². The van der Waals surface area contributed by atoms with Crippen LogP contribution >= 0.6 is 0 Å². The second kappa shape index (κ2) is 6.49. The van der Waals surface area contributed by atoms with Crippen molar-refractivity contribution in [2.75, 3.05) is 12.4 Å². The van der Waals surface area contributed by atoms with Crippen LogP contribution in [0.2, 0.25) is 0 Å². The highest BCUT2D eigenvalue weighted by Gasteiger charge is 2.26. The maximum atomic E-state index is 11.6. The molecule has 2 N–H and O–H groups in total. The first kappa shape index (κ1) is 15.7. The number of rotatable bonds is 6. The molecule has 0 saturated heterocycles. The molecule has 3 rings (SSSR count). The number of nitrogens with one attached hydrogen (secondary N) is 2. The van der Waals surface area contributed by atoms with E-state index in [1.807, 2.05) is 0 Å². The van der Waals surface area contributed by atoms with Crippen molar-refractivity contribution in [3.63, 3.8) is 0 Å². The quantitative estimate of drug-likeness (QED) is 0.615. The molecule has 9 nitrogen and oxygen atoms in total. The molecule has 1 heterocycles. The van der Waals surface area contributed by atoms with Crippen molar-refractivity contribution < 1.29 is 14.5 Å². The van der Waals surface area contributed by atoms with E-state index in [1.54, 1.807) is 18.2 Å². The lowest BCUT2D eigenvalue weighted by atomic mass is 10.2. The van der Waals surface area contributed by atoms with Crippen LogP contribution in [0.5, 0.6) is 11.8 Å². The number of ether oxygens (including phenoxy) is 1. The largest absolute Gasteiger partial charge is 0.424 e. The maximum absolute atomic E-state index is 11.6. The van der Waals surface area contributed by atoms with Gasteiger partial charge in [-0.05, 0) is 31.0 Å². The Morgan fingerprint density at radius 2 is 2.21 bits per heavy atom. The molecule has 0 aliphatic heterocycles. The number of anilines is 1. The zero-order valence-corrected chi connectivity index (χ0v) is 12.9. The molecule has 1 aliphatic carbocycles. The van der Waals surface area contributed by atoms with E-state index in [1.165, 1.54) is 13.1 Å². The predicted octanol–water partition coefficient (Wildman–Crippen LogP) is 2.11. The molecule has 124 valence electrons. The van der Waals surface area contributed by atoms with Crippen molar-refractivity contribution in [1.82, 2.24) is 15.3 Å². The summed E-state index contributed by atoms with van der Waals surface area (Å²) in [6.45, 7) is 0. The van der Waals surface area contributed by atoms with Crippen molar-refractivity contribution in [3.05, 3.63) is 46.1 Å². The van der Waals surface area contributed by atoms with E-state index < -0.39 is 4.92 Å². The minimum Gasteiger partial charge on any atom is -0.424 e. The van der Waals surface area contributed by atoms with Gasteiger partial charge >= 0.3 is 11.7 Å². The Morgan fingerprint density at radius 3 is 2.88 bits per heavy atom. The first-order valence-corrected chi connectivity index (χ1v) is 7.35. The summed E-state index contributed by atoms with van der Waals surface area (Å²) in [5.74, 6) is 0.249. The van der Waals surface area contributed by atoms with Crippen LogP contribution in [0.3, 0.4) is 0 Å². The van der Waals surface area contributed by atoms with E-state index in [2.05, 4.69) is 20.6 Å².